The lowest BCUT2D eigenvalue weighted by molar-refractivity contribution is -0.0393. The molecule has 1 aliphatic carbocycles. The molecular weight excluding hydrogens is 240 g/mol. The second-order valence-corrected chi connectivity index (χ2v) is 5.92. The van der Waals surface area contributed by atoms with Gasteiger partial charge in [0.2, 0.25) is 0 Å². The molecule has 0 radical (unpaired) electrons. The third kappa shape index (κ3) is 2.71. The molecule has 1 aromatic carbocycles. The molecule has 2 unspecified atom stereocenters. The fraction of sp³-hybridized carbons (Fsp3) is 0.625. The molecule has 2 rings (SSSR count). The summed E-state index contributed by atoms with van der Waals surface area (Å²) in [6.07, 6.45) is 2.68. The lowest BCUT2D eigenvalue weighted by Crippen LogP contribution is -2.36. The van der Waals surface area contributed by atoms with Crippen molar-refractivity contribution in [3.05, 3.63) is 23.8 Å². The molecule has 0 aromatic heterocycles. The van der Waals surface area contributed by atoms with Crippen LogP contribution in [0.1, 0.15) is 38.7 Å². The van der Waals surface area contributed by atoms with Gasteiger partial charge in [0, 0.05) is 0 Å². The van der Waals surface area contributed by atoms with E-state index in [1.54, 1.807) is 14.2 Å². The molecule has 1 aliphatic rings. The van der Waals surface area contributed by atoms with Crippen LogP contribution in [0.2, 0.25) is 0 Å². The highest BCUT2D eigenvalue weighted by atomic mass is 16.5. The molecule has 2 atom stereocenters. The Labute approximate surface area is 115 Å². The van der Waals surface area contributed by atoms with Crippen molar-refractivity contribution in [3.8, 4) is 11.5 Å². The van der Waals surface area contributed by atoms with Gasteiger partial charge in [0.15, 0.2) is 0 Å². The van der Waals surface area contributed by atoms with Gasteiger partial charge in [-0.25, -0.2) is 0 Å². The van der Waals surface area contributed by atoms with E-state index in [0.29, 0.717) is 23.3 Å². The fourth-order valence-electron chi connectivity index (χ4n) is 3.60. The first-order valence-electron chi connectivity index (χ1n) is 6.94. The third-order valence-electron chi connectivity index (χ3n) is 4.07. The van der Waals surface area contributed by atoms with Gasteiger partial charge in [0.25, 0.3) is 0 Å². The summed E-state index contributed by atoms with van der Waals surface area (Å²) in [5, 5.41) is 11.1. The number of benzene rings is 1. The number of rotatable bonds is 3. The van der Waals surface area contributed by atoms with Crippen LogP contribution < -0.4 is 9.47 Å². The van der Waals surface area contributed by atoms with Crippen LogP contribution >= 0.6 is 0 Å². The molecule has 0 heterocycles. The predicted molar refractivity (Wildman–Crippen MR) is 75.6 cm³/mol. The SMILES string of the molecule is COc1cccc(OC)c1C1(O)CC(C)CC(C)C1. The number of hydrogen-bond acceptors (Lipinski definition) is 3. The minimum atomic E-state index is -0.852. The molecule has 3 nitrogen and oxygen atoms in total. The van der Waals surface area contributed by atoms with Crippen molar-refractivity contribution in [1.29, 1.82) is 0 Å². The van der Waals surface area contributed by atoms with Gasteiger partial charge >= 0.3 is 0 Å². The molecule has 0 spiro atoms. The van der Waals surface area contributed by atoms with Crippen molar-refractivity contribution < 1.29 is 14.6 Å². The molecule has 1 fully saturated rings. The van der Waals surface area contributed by atoms with Crippen molar-refractivity contribution in [3.63, 3.8) is 0 Å². The average Bonchev–Trinajstić information content (AvgIpc) is 2.36. The molecule has 19 heavy (non-hydrogen) atoms. The van der Waals surface area contributed by atoms with Crippen LogP contribution in [0.25, 0.3) is 0 Å². The monoisotopic (exact) mass is 264 g/mol. The Bertz CT molecular complexity index is 409. The largest absolute Gasteiger partial charge is 0.496 e. The lowest BCUT2D eigenvalue weighted by atomic mass is 9.70. The zero-order chi connectivity index (χ0) is 14.0. The second-order valence-electron chi connectivity index (χ2n) is 5.92. The van der Waals surface area contributed by atoms with Crippen molar-refractivity contribution in [2.45, 2.75) is 38.7 Å². The van der Waals surface area contributed by atoms with Gasteiger partial charge in [-0.15, -0.1) is 0 Å². The quantitative estimate of drug-likeness (QED) is 0.910. The summed E-state index contributed by atoms with van der Waals surface area (Å²) in [6.45, 7) is 4.39. The maximum Gasteiger partial charge on any atom is 0.128 e. The maximum atomic E-state index is 11.1. The Hall–Kier alpha value is -1.22. The molecule has 0 saturated heterocycles. The molecule has 1 saturated carbocycles. The summed E-state index contributed by atoms with van der Waals surface area (Å²) >= 11 is 0. The summed E-state index contributed by atoms with van der Waals surface area (Å²) in [5.41, 5.74) is -0.0481. The topological polar surface area (TPSA) is 38.7 Å². The summed E-state index contributed by atoms with van der Waals surface area (Å²) in [7, 11) is 3.27. The van der Waals surface area contributed by atoms with Gasteiger partial charge in [-0.05, 0) is 43.2 Å². The Kier molecular flexibility index (Phi) is 4.04. The van der Waals surface area contributed by atoms with Gasteiger partial charge < -0.3 is 14.6 Å². The molecule has 0 aliphatic heterocycles. The summed E-state index contributed by atoms with van der Waals surface area (Å²) < 4.78 is 10.9. The first kappa shape index (κ1) is 14.2. The van der Waals surface area contributed by atoms with Gasteiger partial charge in [-0.1, -0.05) is 19.9 Å². The number of hydrogen-bond donors (Lipinski definition) is 1. The summed E-state index contributed by atoms with van der Waals surface area (Å²) in [4.78, 5) is 0. The van der Waals surface area contributed by atoms with E-state index in [1.807, 2.05) is 18.2 Å². The first-order chi connectivity index (χ1) is 9.00. The Balaban J connectivity index is 2.49. The normalized spacial score (nSPS) is 31.0. The van der Waals surface area contributed by atoms with E-state index in [-0.39, 0.29) is 0 Å². The molecule has 1 N–H and O–H groups in total. The highest BCUT2D eigenvalue weighted by molar-refractivity contribution is 5.49. The van der Waals surface area contributed by atoms with E-state index in [4.69, 9.17) is 9.47 Å². The van der Waals surface area contributed by atoms with Crippen LogP contribution in [0.3, 0.4) is 0 Å². The van der Waals surface area contributed by atoms with Crippen molar-refractivity contribution in [1.82, 2.24) is 0 Å². The van der Waals surface area contributed by atoms with Crippen molar-refractivity contribution in [2.24, 2.45) is 11.8 Å². The zero-order valence-corrected chi connectivity index (χ0v) is 12.3. The Morgan fingerprint density at radius 2 is 1.53 bits per heavy atom. The van der Waals surface area contributed by atoms with E-state index in [0.717, 1.165) is 18.4 Å². The summed E-state index contributed by atoms with van der Waals surface area (Å²) in [6, 6.07) is 5.67. The molecule has 3 heteroatoms. The Morgan fingerprint density at radius 3 is 1.95 bits per heavy atom. The van der Waals surface area contributed by atoms with Crippen LogP contribution in [0.15, 0.2) is 18.2 Å². The minimum absolute atomic E-state index is 0.503. The van der Waals surface area contributed by atoms with Gasteiger partial charge in [0.05, 0.1) is 25.4 Å². The van der Waals surface area contributed by atoms with E-state index in [1.165, 1.54) is 6.42 Å². The number of methoxy groups -OCH3 is 2. The van der Waals surface area contributed by atoms with E-state index >= 15 is 0 Å². The van der Waals surface area contributed by atoms with Gasteiger partial charge in [-0.2, -0.15) is 0 Å². The minimum Gasteiger partial charge on any atom is -0.496 e. The number of ether oxygens (including phenoxy) is 2. The standard InChI is InChI=1S/C16H24O3/c1-11-8-12(2)10-16(17,9-11)15-13(18-3)6-5-7-14(15)19-4/h5-7,11-12,17H,8-10H2,1-4H3. The molecular formula is C16H24O3. The predicted octanol–water partition coefficient (Wildman–Crippen LogP) is 3.35. The van der Waals surface area contributed by atoms with E-state index < -0.39 is 5.60 Å². The fourth-order valence-corrected chi connectivity index (χ4v) is 3.60. The van der Waals surface area contributed by atoms with Crippen LogP contribution in [-0.2, 0) is 5.60 Å². The summed E-state index contributed by atoms with van der Waals surface area (Å²) in [5.74, 6) is 2.43. The van der Waals surface area contributed by atoms with Crippen LogP contribution in [0.4, 0.5) is 0 Å². The van der Waals surface area contributed by atoms with E-state index in [2.05, 4.69) is 13.8 Å². The van der Waals surface area contributed by atoms with Gasteiger partial charge in [-0.3, -0.25) is 0 Å². The zero-order valence-electron chi connectivity index (χ0n) is 12.3. The maximum absolute atomic E-state index is 11.1. The highest BCUT2D eigenvalue weighted by Crippen LogP contribution is 2.48. The van der Waals surface area contributed by atoms with Crippen molar-refractivity contribution in [2.75, 3.05) is 14.2 Å². The third-order valence-corrected chi connectivity index (χ3v) is 4.07. The van der Waals surface area contributed by atoms with Crippen LogP contribution in [0, 0.1) is 11.8 Å². The van der Waals surface area contributed by atoms with Crippen LogP contribution in [-0.4, -0.2) is 19.3 Å². The average molecular weight is 264 g/mol. The lowest BCUT2D eigenvalue weighted by Gasteiger charge is -2.40. The molecule has 0 amide bonds. The van der Waals surface area contributed by atoms with E-state index in [9.17, 15) is 5.11 Å². The second kappa shape index (κ2) is 5.41. The smallest absolute Gasteiger partial charge is 0.128 e. The molecule has 1 aromatic rings. The van der Waals surface area contributed by atoms with Crippen LogP contribution in [0.5, 0.6) is 11.5 Å². The molecule has 106 valence electrons. The first-order valence-corrected chi connectivity index (χ1v) is 6.94. The number of aliphatic hydroxyl groups is 1. The van der Waals surface area contributed by atoms with Crippen molar-refractivity contribution >= 4 is 0 Å². The molecule has 0 bridgehead atoms. The highest BCUT2D eigenvalue weighted by Gasteiger charge is 2.41. The Morgan fingerprint density at radius 1 is 1.05 bits per heavy atom. The van der Waals surface area contributed by atoms with Gasteiger partial charge in [0.1, 0.15) is 11.5 Å².